The third-order valence-corrected chi connectivity index (χ3v) is 6.25. The Bertz CT molecular complexity index is 1360. The highest BCUT2D eigenvalue weighted by atomic mass is 32.1. The maximum absolute atomic E-state index is 13.7. The highest BCUT2D eigenvalue weighted by Gasteiger charge is 2.33. The molecule has 10 heteroatoms. The number of para-hydroxylation sites is 1. The van der Waals surface area contributed by atoms with Crippen molar-refractivity contribution in [2.75, 3.05) is 0 Å². The number of rotatable bonds is 9. The molecule has 1 aromatic carbocycles. The molecule has 0 aliphatic carbocycles. The maximum atomic E-state index is 13.7. The molecule has 5 aromatic rings. The van der Waals surface area contributed by atoms with Crippen molar-refractivity contribution in [1.82, 2.24) is 25.2 Å². The smallest absolute Gasteiger partial charge is 0.248 e. The molecule has 0 bridgehead atoms. The number of carbonyl (C=O) groups is 2. The van der Waals surface area contributed by atoms with Crippen LogP contribution >= 0.6 is 11.3 Å². The summed E-state index contributed by atoms with van der Waals surface area (Å²) < 4.78 is 12.4. The van der Waals surface area contributed by atoms with Crippen molar-refractivity contribution in [1.29, 1.82) is 0 Å². The van der Waals surface area contributed by atoms with Gasteiger partial charge in [-0.15, -0.1) is 16.4 Å². The van der Waals surface area contributed by atoms with E-state index in [2.05, 4.69) is 15.6 Å². The number of hydrogen-bond acceptors (Lipinski definition) is 7. The van der Waals surface area contributed by atoms with Gasteiger partial charge in [0.05, 0.1) is 31.1 Å². The minimum Gasteiger partial charge on any atom is -0.467 e. The number of furan rings is 2. The number of aromatic nitrogens is 3. The number of benzene rings is 1. The molecule has 0 fully saturated rings. The van der Waals surface area contributed by atoms with E-state index in [0.29, 0.717) is 17.0 Å². The summed E-state index contributed by atoms with van der Waals surface area (Å²) in [6.45, 7) is 0.258. The Hall–Kier alpha value is -4.18. The van der Waals surface area contributed by atoms with E-state index >= 15 is 0 Å². The molecule has 0 radical (unpaired) electrons. The molecule has 0 aliphatic rings. The van der Waals surface area contributed by atoms with Crippen molar-refractivity contribution in [2.24, 2.45) is 0 Å². The van der Waals surface area contributed by atoms with E-state index in [-0.39, 0.29) is 31.4 Å². The second-order valence-electron chi connectivity index (χ2n) is 7.55. The van der Waals surface area contributed by atoms with Gasteiger partial charge in [-0.25, -0.2) is 4.68 Å². The highest BCUT2D eigenvalue weighted by Crippen LogP contribution is 2.28. The summed E-state index contributed by atoms with van der Waals surface area (Å²) in [5.74, 6) is 0.578. The Morgan fingerprint density at radius 2 is 1.79 bits per heavy atom. The van der Waals surface area contributed by atoms with Gasteiger partial charge in [-0.1, -0.05) is 23.4 Å². The highest BCUT2D eigenvalue weighted by molar-refractivity contribution is 7.10. The van der Waals surface area contributed by atoms with Gasteiger partial charge in [0.1, 0.15) is 29.6 Å². The van der Waals surface area contributed by atoms with Gasteiger partial charge in [0, 0.05) is 4.88 Å². The quantitative estimate of drug-likeness (QED) is 0.348. The van der Waals surface area contributed by atoms with E-state index in [1.54, 1.807) is 41.5 Å². The fourth-order valence-corrected chi connectivity index (χ4v) is 4.54. The van der Waals surface area contributed by atoms with Crippen LogP contribution in [0.5, 0.6) is 0 Å². The van der Waals surface area contributed by atoms with Gasteiger partial charge in [-0.3, -0.25) is 9.59 Å². The first-order valence-corrected chi connectivity index (χ1v) is 11.5. The molecular formula is C24H21N5O4S. The van der Waals surface area contributed by atoms with E-state index in [0.717, 1.165) is 10.4 Å². The molecule has 4 heterocycles. The number of amides is 2. The van der Waals surface area contributed by atoms with Gasteiger partial charge < -0.3 is 19.1 Å². The molecule has 0 aliphatic heterocycles. The standard InChI is InChI=1S/C24H21N5O4S/c30-22(16-29-20-9-2-1-8-19(20)26-27-29)28(15-18-7-4-12-33-18)23(21-10-5-13-34-21)24(31)25-14-17-6-3-11-32-17/h1-13,23H,14-16H2,(H,25,31). The van der Waals surface area contributed by atoms with Gasteiger partial charge in [0.2, 0.25) is 11.8 Å². The van der Waals surface area contributed by atoms with E-state index < -0.39 is 6.04 Å². The Labute approximate surface area is 198 Å². The van der Waals surface area contributed by atoms with Crippen LogP contribution in [0.4, 0.5) is 0 Å². The van der Waals surface area contributed by atoms with Crippen LogP contribution in [-0.4, -0.2) is 31.7 Å². The Morgan fingerprint density at radius 1 is 1.00 bits per heavy atom. The molecule has 4 aromatic heterocycles. The Balaban J connectivity index is 1.45. The number of nitrogens with zero attached hydrogens (tertiary/aromatic N) is 4. The van der Waals surface area contributed by atoms with Gasteiger partial charge >= 0.3 is 0 Å². The van der Waals surface area contributed by atoms with E-state index in [1.165, 1.54) is 16.2 Å². The lowest BCUT2D eigenvalue weighted by Gasteiger charge is -2.29. The molecule has 9 nitrogen and oxygen atoms in total. The molecule has 1 unspecified atom stereocenters. The summed E-state index contributed by atoms with van der Waals surface area (Å²) in [4.78, 5) is 29.3. The lowest BCUT2D eigenvalue weighted by Crippen LogP contribution is -2.44. The summed E-state index contributed by atoms with van der Waals surface area (Å²) in [6, 6.07) is 17.3. The molecule has 1 atom stereocenters. The van der Waals surface area contributed by atoms with Crippen molar-refractivity contribution in [3.8, 4) is 0 Å². The number of carbonyl (C=O) groups excluding carboxylic acids is 2. The second kappa shape index (κ2) is 9.75. The van der Waals surface area contributed by atoms with Gasteiger partial charge in [-0.05, 0) is 47.8 Å². The van der Waals surface area contributed by atoms with Crippen LogP contribution in [0, 0.1) is 0 Å². The van der Waals surface area contributed by atoms with Crippen molar-refractivity contribution >= 4 is 34.2 Å². The Morgan fingerprint density at radius 3 is 2.53 bits per heavy atom. The number of thiophene rings is 1. The predicted molar refractivity (Wildman–Crippen MR) is 124 cm³/mol. The monoisotopic (exact) mass is 475 g/mol. The molecule has 34 heavy (non-hydrogen) atoms. The normalized spacial score (nSPS) is 12.0. The number of nitrogens with one attached hydrogen (secondary N) is 1. The molecule has 2 amide bonds. The van der Waals surface area contributed by atoms with Crippen LogP contribution in [0.15, 0.2) is 87.4 Å². The molecule has 1 N–H and O–H groups in total. The van der Waals surface area contributed by atoms with Crippen LogP contribution < -0.4 is 5.32 Å². The van der Waals surface area contributed by atoms with Gasteiger partial charge in [0.25, 0.3) is 0 Å². The average Bonchev–Trinajstić information content (AvgIpc) is 3.66. The molecule has 0 spiro atoms. The summed E-state index contributed by atoms with van der Waals surface area (Å²) in [5.41, 5.74) is 1.43. The molecule has 0 saturated carbocycles. The largest absolute Gasteiger partial charge is 0.467 e. The summed E-state index contributed by atoms with van der Waals surface area (Å²) >= 11 is 1.41. The van der Waals surface area contributed by atoms with Crippen molar-refractivity contribution in [3.05, 3.63) is 95.0 Å². The van der Waals surface area contributed by atoms with Crippen LogP contribution in [0.25, 0.3) is 11.0 Å². The molecule has 172 valence electrons. The lowest BCUT2D eigenvalue weighted by molar-refractivity contribution is -0.142. The summed E-state index contributed by atoms with van der Waals surface area (Å²) in [7, 11) is 0. The predicted octanol–water partition coefficient (Wildman–Crippen LogP) is 3.77. The zero-order valence-corrected chi connectivity index (χ0v) is 18.9. The van der Waals surface area contributed by atoms with Crippen molar-refractivity contribution in [2.45, 2.75) is 25.7 Å². The number of fused-ring (bicyclic) bond motifs is 1. The summed E-state index contributed by atoms with van der Waals surface area (Å²) in [5, 5.41) is 13.0. The topological polar surface area (TPSA) is 106 Å². The third-order valence-electron chi connectivity index (χ3n) is 5.32. The Kier molecular flexibility index (Phi) is 6.21. The second-order valence-corrected chi connectivity index (χ2v) is 8.53. The zero-order chi connectivity index (χ0) is 23.3. The van der Waals surface area contributed by atoms with E-state index in [9.17, 15) is 9.59 Å². The molecule has 5 rings (SSSR count). The van der Waals surface area contributed by atoms with Crippen LogP contribution in [0.3, 0.4) is 0 Å². The van der Waals surface area contributed by atoms with E-state index in [1.807, 2.05) is 41.8 Å². The average molecular weight is 476 g/mol. The fraction of sp³-hybridized carbons (Fsp3) is 0.167. The minimum absolute atomic E-state index is 0.0748. The fourth-order valence-electron chi connectivity index (χ4n) is 3.70. The zero-order valence-electron chi connectivity index (χ0n) is 18.0. The van der Waals surface area contributed by atoms with Gasteiger partial charge in [0.15, 0.2) is 0 Å². The number of hydrogen-bond donors (Lipinski definition) is 1. The lowest BCUT2D eigenvalue weighted by atomic mass is 10.1. The van der Waals surface area contributed by atoms with E-state index in [4.69, 9.17) is 8.83 Å². The van der Waals surface area contributed by atoms with Crippen molar-refractivity contribution in [3.63, 3.8) is 0 Å². The van der Waals surface area contributed by atoms with Crippen LogP contribution in [0.1, 0.15) is 22.4 Å². The first kappa shape index (κ1) is 21.7. The van der Waals surface area contributed by atoms with Crippen molar-refractivity contribution < 1.29 is 18.4 Å². The first-order valence-electron chi connectivity index (χ1n) is 10.6. The van der Waals surface area contributed by atoms with Crippen LogP contribution in [-0.2, 0) is 29.2 Å². The third kappa shape index (κ3) is 4.62. The minimum atomic E-state index is -0.859. The first-order chi connectivity index (χ1) is 16.7. The van der Waals surface area contributed by atoms with Gasteiger partial charge in [-0.2, -0.15) is 0 Å². The maximum Gasteiger partial charge on any atom is 0.248 e. The van der Waals surface area contributed by atoms with Crippen LogP contribution in [0.2, 0.25) is 0 Å². The summed E-state index contributed by atoms with van der Waals surface area (Å²) in [6.07, 6.45) is 3.09. The SMILES string of the molecule is O=C(NCc1ccco1)C(c1cccs1)N(Cc1ccco1)C(=O)Cn1nnc2ccccc21. The molecular weight excluding hydrogens is 454 g/mol. The molecule has 0 saturated heterocycles.